The van der Waals surface area contributed by atoms with Crippen molar-refractivity contribution in [2.75, 3.05) is 0 Å². The Bertz CT molecular complexity index is 707. The second-order valence-electron chi connectivity index (χ2n) is 4.07. The molecule has 0 spiro atoms. The van der Waals surface area contributed by atoms with Gasteiger partial charge in [-0.3, -0.25) is 4.79 Å². The predicted octanol–water partition coefficient (Wildman–Crippen LogP) is 3.59. The minimum Gasteiger partial charge on any atom is -0.292 e. The number of ketones is 1. The van der Waals surface area contributed by atoms with Gasteiger partial charge in [-0.05, 0) is 18.2 Å². The maximum Gasteiger partial charge on any atom is 0.187 e. The summed E-state index contributed by atoms with van der Waals surface area (Å²) in [4.78, 5) is 12.1. The van der Waals surface area contributed by atoms with Gasteiger partial charge in [0.2, 0.25) is 0 Å². The Labute approximate surface area is 113 Å². The van der Waals surface area contributed by atoms with Crippen LogP contribution in [0.2, 0.25) is 0 Å². The molecule has 1 unspecified atom stereocenters. The fourth-order valence-corrected chi connectivity index (χ4v) is 1.82. The smallest absolute Gasteiger partial charge is 0.187 e. The molecule has 5 heteroatoms. The second-order valence-corrected chi connectivity index (χ2v) is 4.07. The first-order valence-corrected chi connectivity index (χ1v) is 5.68. The Balaban J connectivity index is 2.46. The first-order valence-electron chi connectivity index (χ1n) is 5.68. The van der Waals surface area contributed by atoms with Crippen molar-refractivity contribution in [3.8, 4) is 6.07 Å². The number of Topliss-reactive ketones (excluding diaryl/α,β-unsaturated/α-hetero) is 1. The molecule has 0 aliphatic carbocycles. The van der Waals surface area contributed by atoms with E-state index in [9.17, 15) is 18.0 Å². The molecule has 2 aromatic rings. The molecule has 0 fully saturated rings. The van der Waals surface area contributed by atoms with Gasteiger partial charge in [0, 0.05) is 11.6 Å². The molecule has 100 valence electrons. The van der Waals surface area contributed by atoms with E-state index < -0.39 is 29.2 Å². The largest absolute Gasteiger partial charge is 0.292 e. The number of carbonyl (C=O) groups excluding carboxylic acids is 1. The number of carbonyl (C=O) groups is 1. The van der Waals surface area contributed by atoms with Crippen LogP contribution in [0.4, 0.5) is 13.2 Å². The molecule has 0 saturated heterocycles. The molecule has 0 amide bonds. The summed E-state index contributed by atoms with van der Waals surface area (Å²) >= 11 is 0. The maximum atomic E-state index is 13.6. The lowest BCUT2D eigenvalue weighted by Crippen LogP contribution is -2.14. The van der Waals surface area contributed by atoms with Crippen molar-refractivity contribution in [1.29, 1.82) is 5.26 Å². The highest BCUT2D eigenvalue weighted by atomic mass is 19.1. The van der Waals surface area contributed by atoms with Gasteiger partial charge in [-0.1, -0.05) is 18.2 Å². The highest BCUT2D eigenvalue weighted by Gasteiger charge is 2.26. The Hall–Kier alpha value is -2.61. The first-order chi connectivity index (χ1) is 9.54. The van der Waals surface area contributed by atoms with Gasteiger partial charge in [-0.15, -0.1) is 0 Å². The Morgan fingerprint density at radius 2 is 1.75 bits per heavy atom. The van der Waals surface area contributed by atoms with Crippen LogP contribution in [0, 0.1) is 28.8 Å². The van der Waals surface area contributed by atoms with Crippen LogP contribution in [0.5, 0.6) is 0 Å². The van der Waals surface area contributed by atoms with Gasteiger partial charge in [-0.2, -0.15) is 5.26 Å². The van der Waals surface area contributed by atoms with Crippen molar-refractivity contribution in [2.45, 2.75) is 5.92 Å². The molecular weight excluding hydrogens is 267 g/mol. The number of benzene rings is 2. The fourth-order valence-electron chi connectivity index (χ4n) is 1.82. The lowest BCUT2D eigenvalue weighted by Gasteiger charge is -2.10. The van der Waals surface area contributed by atoms with Crippen LogP contribution in [0.1, 0.15) is 21.8 Å². The third-order valence-electron chi connectivity index (χ3n) is 2.80. The fraction of sp³-hybridized carbons (Fsp3) is 0.0667. The van der Waals surface area contributed by atoms with Crippen LogP contribution in [-0.2, 0) is 0 Å². The first kappa shape index (κ1) is 13.8. The summed E-state index contributed by atoms with van der Waals surface area (Å²) in [5, 5.41) is 9.04. The minimum absolute atomic E-state index is 0.276. The van der Waals surface area contributed by atoms with E-state index in [4.69, 9.17) is 5.26 Å². The van der Waals surface area contributed by atoms with Gasteiger partial charge in [0.15, 0.2) is 5.78 Å². The van der Waals surface area contributed by atoms with Gasteiger partial charge in [0.05, 0.1) is 11.6 Å². The second kappa shape index (κ2) is 5.57. The monoisotopic (exact) mass is 275 g/mol. The molecule has 1 atom stereocenters. The normalized spacial score (nSPS) is 11.7. The maximum absolute atomic E-state index is 13.6. The van der Waals surface area contributed by atoms with E-state index in [1.54, 1.807) is 6.07 Å². The third kappa shape index (κ3) is 2.54. The lowest BCUT2D eigenvalue weighted by atomic mass is 9.91. The average Bonchev–Trinajstić information content (AvgIpc) is 2.42. The van der Waals surface area contributed by atoms with Gasteiger partial charge >= 0.3 is 0 Å². The van der Waals surface area contributed by atoms with Crippen LogP contribution < -0.4 is 0 Å². The van der Waals surface area contributed by atoms with Crippen LogP contribution in [0.3, 0.4) is 0 Å². The molecular formula is C15H8F3NO. The van der Waals surface area contributed by atoms with Crippen molar-refractivity contribution < 1.29 is 18.0 Å². The SMILES string of the molecule is N#CC(C(=O)c1ccccc1F)c1ccc(F)cc1F. The highest BCUT2D eigenvalue weighted by molar-refractivity contribution is 6.02. The van der Waals surface area contributed by atoms with Crippen molar-refractivity contribution in [3.63, 3.8) is 0 Å². The predicted molar refractivity (Wildman–Crippen MR) is 65.4 cm³/mol. The molecule has 2 rings (SSSR count). The topological polar surface area (TPSA) is 40.9 Å². The van der Waals surface area contributed by atoms with Crippen LogP contribution in [0.25, 0.3) is 0 Å². The Morgan fingerprint density at radius 3 is 2.35 bits per heavy atom. The van der Waals surface area contributed by atoms with E-state index in [1.165, 1.54) is 18.2 Å². The number of halogens is 3. The molecule has 0 aromatic heterocycles. The summed E-state index contributed by atoms with van der Waals surface area (Å²) in [6.45, 7) is 0. The molecule has 20 heavy (non-hydrogen) atoms. The zero-order chi connectivity index (χ0) is 14.7. The van der Waals surface area contributed by atoms with Crippen molar-refractivity contribution in [2.24, 2.45) is 0 Å². The zero-order valence-corrected chi connectivity index (χ0v) is 10.1. The van der Waals surface area contributed by atoms with Crippen molar-refractivity contribution in [3.05, 3.63) is 71.0 Å². The number of hydrogen-bond acceptors (Lipinski definition) is 2. The van der Waals surface area contributed by atoms with E-state index in [-0.39, 0.29) is 11.1 Å². The van der Waals surface area contributed by atoms with E-state index in [0.717, 1.165) is 18.2 Å². The van der Waals surface area contributed by atoms with Crippen molar-refractivity contribution in [1.82, 2.24) is 0 Å². The van der Waals surface area contributed by atoms with Gasteiger partial charge < -0.3 is 0 Å². The molecule has 0 aliphatic heterocycles. The van der Waals surface area contributed by atoms with Gasteiger partial charge in [0.1, 0.15) is 23.4 Å². The van der Waals surface area contributed by atoms with Gasteiger partial charge in [-0.25, -0.2) is 13.2 Å². The molecule has 0 saturated carbocycles. The summed E-state index contributed by atoms with van der Waals surface area (Å²) < 4.78 is 40.0. The average molecular weight is 275 g/mol. The van der Waals surface area contributed by atoms with Crippen molar-refractivity contribution >= 4 is 5.78 Å². The standard InChI is InChI=1S/C15H8F3NO/c16-9-5-6-10(14(18)7-9)12(8-19)15(20)11-3-1-2-4-13(11)17/h1-7,12H. The molecule has 0 radical (unpaired) electrons. The summed E-state index contributed by atoms with van der Waals surface area (Å²) in [5.74, 6) is -5.01. The summed E-state index contributed by atoms with van der Waals surface area (Å²) in [5.41, 5.74) is -0.579. The Morgan fingerprint density at radius 1 is 1.05 bits per heavy atom. The summed E-state index contributed by atoms with van der Waals surface area (Å²) in [7, 11) is 0. The molecule has 0 N–H and O–H groups in total. The summed E-state index contributed by atoms with van der Waals surface area (Å²) in [6.07, 6.45) is 0. The molecule has 0 heterocycles. The summed E-state index contributed by atoms with van der Waals surface area (Å²) in [6, 6.07) is 9.27. The number of rotatable bonds is 3. The van der Waals surface area contributed by atoms with E-state index >= 15 is 0 Å². The number of hydrogen-bond donors (Lipinski definition) is 0. The third-order valence-corrected chi connectivity index (χ3v) is 2.80. The molecule has 0 bridgehead atoms. The number of nitrogens with zero attached hydrogens (tertiary/aromatic N) is 1. The lowest BCUT2D eigenvalue weighted by molar-refractivity contribution is 0.0973. The molecule has 2 aromatic carbocycles. The van der Waals surface area contributed by atoms with E-state index in [0.29, 0.717) is 6.07 Å². The minimum atomic E-state index is -1.52. The highest BCUT2D eigenvalue weighted by Crippen LogP contribution is 2.24. The van der Waals surface area contributed by atoms with Crippen LogP contribution in [-0.4, -0.2) is 5.78 Å². The number of nitriles is 1. The van der Waals surface area contributed by atoms with E-state index in [2.05, 4.69) is 0 Å². The molecule has 2 nitrogen and oxygen atoms in total. The quantitative estimate of drug-likeness (QED) is 0.803. The Kier molecular flexibility index (Phi) is 3.85. The van der Waals surface area contributed by atoms with Crippen LogP contribution >= 0.6 is 0 Å². The van der Waals surface area contributed by atoms with Crippen LogP contribution in [0.15, 0.2) is 42.5 Å². The molecule has 0 aliphatic rings. The van der Waals surface area contributed by atoms with Gasteiger partial charge in [0.25, 0.3) is 0 Å². The zero-order valence-electron chi connectivity index (χ0n) is 10.1. The van der Waals surface area contributed by atoms with E-state index in [1.807, 2.05) is 0 Å².